The Morgan fingerprint density at radius 1 is 1.11 bits per heavy atom. The number of nitrogens with zero attached hydrogens (tertiary/aromatic N) is 2. The summed E-state index contributed by atoms with van der Waals surface area (Å²) in [7, 11) is 0. The molecule has 0 radical (unpaired) electrons. The van der Waals surface area contributed by atoms with E-state index in [4.69, 9.17) is 9.84 Å². The highest BCUT2D eigenvalue weighted by Crippen LogP contribution is 2.42. The topological polar surface area (TPSA) is 107 Å². The molecule has 2 aliphatic rings. The van der Waals surface area contributed by atoms with Gasteiger partial charge >= 0.3 is 11.9 Å². The van der Waals surface area contributed by atoms with Crippen LogP contribution >= 0.6 is 0 Å². The van der Waals surface area contributed by atoms with Crippen molar-refractivity contribution in [2.24, 2.45) is 5.92 Å². The smallest absolute Gasteiger partial charge is 0.347 e. The summed E-state index contributed by atoms with van der Waals surface area (Å²) >= 11 is 0. The molecule has 204 valence electrons. The number of aliphatic hydroxyl groups excluding tert-OH is 1. The van der Waals surface area contributed by atoms with E-state index in [1.165, 1.54) is 17.1 Å². The molecule has 1 atom stereocenters. The van der Waals surface area contributed by atoms with Crippen LogP contribution in [0.3, 0.4) is 0 Å². The van der Waals surface area contributed by atoms with Gasteiger partial charge < -0.3 is 14.9 Å². The third kappa shape index (κ3) is 6.29. The molecule has 37 heavy (non-hydrogen) atoms. The van der Waals surface area contributed by atoms with Gasteiger partial charge in [0.1, 0.15) is 5.76 Å². The van der Waals surface area contributed by atoms with Crippen LogP contribution in [0, 0.1) is 17.6 Å². The first-order valence-electron chi connectivity index (χ1n) is 12.8. The summed E-state index contributed by atoms with van der Waals surface area (Å²) in [4.78, 5) is 36.7. The average Bonchev–Trinajstić information content (AvgIpc) is 3.24. The largest absolute Gasteiger partial charge is 0.509 e. The van der Waals surface area contributed by atoms with Gasteiger partial charge in [-0.2, -0.15) is 0 Å². The van der Waals surface area contributed by atoms with Gasteiger partial charge in [-0.3, -0.25) is 14.6 Å². The minimum Gasteiger partial charge on any atom is -0.509 e. The highest BCUT2D eigenvalue weighted by Gasteiger charge is 2.53. The lowest BCUT2D eigenvalue weighted by Crippen LogP contribution is -2.60. The second-order valence-electron chi connectivity index (χ2n) is 10.4. The molecule has 2 aliphatic heterocycles. The SMILES string of the molecule is CC(C)COC(=O)C1=C(O)[C@@]2(C)CCCN2N(Cc2ccc(CCCCCCC(=O)O)c(F)c2F)C1=O. The molecule has 1 aromatic carbocycles. The van der Waals surface area contributed by atoms with Crippen molar-refractivity contribution in [1.29, 1.82) is 0 Å². The van der Waals surface area contributed by atoms with Gasteiger partial charge in [-0.15, -0.1) is 0 Å². The zero-order valence-electron chi connectivity index (χ0n) is 21.7. The van der Waals surface area contributed by atoms with E-state index in [-0.39, 0.29) is 42.4 Å². The third-order valence-electron chi connectivity index (χ3n) is 6.99. The second kappa shape index (κ2) is 12.0. The maximum absolute atomic E-state index is 15.1. The highest BCUT2D eigenvalue weighted by atomic mass is 19.2. The van der Waals surface area contributed by atoms with E-state index in [0.29, 0.717) is 51.5 Å². The Morgan fingerprint density at radius 3 is 2.43 bits per heavy atom. The Kier molecular flexibility index (Phi) is 9.28. The van der Waals surface area contributed by atoms with E-state index in [1.807, 2.05) is 13.8 Å². The molecule has 1 saturated heterocycles. The number of carboxylic acids is 1. The van der Waals surface area contributed by atoms with E-state index in [0.717, 1.165) is 0 Å². The molecule has 10 heteroatoms. The number of hydrazine groups is 1. The fourth-order valence-corrected chi connectivity index (χ4v) is 4.89. The van der Waals surface area contributed by atoms with E-state index < -0.39 is 40.6 Å². The van der Waals surface area contributed by atoms with E-state index in [1.54, 1.807) is 11.9 Å². The number of unbranched alkanes of at least 4 members (excludes halogenated alkanes) is 3. The van der Waals surface area contributed by atoms with Crippen LogP contribution in [0.1, 0.15) is 76.8 Å². The van der Waals surface area contributed by atoms with Crippen molar-refractivity contribution in [2.75, 3.05) is 13.2 Å². The number of halogens is 2. The predicted octanol–water partition coefficient (Wildman–Crippen LogP) is 4.67. The number of aliphatic carboxylic acids is 1. The number of carboxylic acid groups (broad SMARTS) is 1. The number of ether oxygens (including phenoxy) is 1. The molecule has 0 aromatic heterocycles. The van der Waals surface area contributed by atoms with Crippen LogP contribution in [-0.4, -0.2) is 56.8 Å². The van der Waals surface area contributed by atoms with E-state index in [2.05, 4.69) is 0 Å². The molecule has 0 bridgehead atoms. The van der Waals surface area contributed by atoms with Gasteiger partial charge in [0, 0.05) is 18.5 Å². The molecule has 0 spiro atoms. The molecule has 2 heterocycles. The molecule has 8 nitrogen and oxygen atoms in total. The van der Waals surface area contributed by atoms with Gasteiger partial charge in [0.15, 0.2) is 17.2 Å². The summed E-state index contributed by atoms with van der Waals surface area (Å²) in [5, 5.41) is 22.4. The quantitative estimate of drug-likeness (QED) is 0.233. The van der Waals surface area contributed by atoms with Gasteiger partial charge in [-0.25, -0.2) is 18.6 Å². The van der Waals surface area contributed by atoms with Crippen LogP contribution < -0.4 is 0 Å². The molecular formula is C27H36F2N2O6. The first-order valence-corrected chi connectivity index (χ1v) is 12.8. The Hall–Kier alpha value is -3.01. The number of benzene rings is 1. The zero-order valence-corrected chi connectivity index (χ0v) is 21.7. The molecule has 0 aliphatic carbocycles. The van der Waals surface area contributed by atoms with Crippen molar-refractivity contribution < 1.29 is 38.1 Å². The number of esters is 1. The Bertz CT molecular complexity index is 1070. The maximum Gasteiger partial charge on any atom is 0.347 e. The van der Waals surface area contributed by atoms with Crippen LogP contribution in [0.15, 0.2) is 23.5 Å². The molecule has 0 unspecified atom stereocenters. The first kappa shape index (κ1) is 28.6. The number of rotatable bonds is 12. The predicted molar refractivity (Wildman–Crippen MR) is 131 cm³/mol. The van der Waals surface area contributed by atoms with Crippen molar-refractivity contribution in [3.63, 3.8) is 0 Å². The molecule has 1 aromatic rings. The van der Waals surface area contributed by atoms with Gasteiger partial charge in [0.05, 0.1) is 18.7 Å². The normalized spacial score (nSPS) is 20.1. The summed E-state index contributed by atoms with van der Waals surface area (Å²) in [5.74, 6) is -4.96. The van der Waals surface area contributed by atoms with Crippen LogP contribution in [0.25, 0.3) is 0 Å². The molecule has 3 rings (SSSR count). The lowest BCUT2D eigenvalue weighted by Gasteiger charge is -2.46. The van der Waals surface area contributed by atoms with Crippen LogP contribution in [0.5, 0.6) is 0 Å². The monoisotopic (exact) mass is 522 g/mol. The lowest BCUT2D eigenvalue weighted by atomic mass is 9.91. The number of hydrogen-bond acceptors (Lipinski definition) is 6. The van der Waals surface area contributed by atoms with Crippen molar-refractivity contribution in [1.82, 2.24) is 10.0 Å². The Balaban J connectivity index is 1.77. The molecule has 1 fully saturated rings. The molecule has 1 amide bonds. The number of carbonyl (C=O) groups excluding carboxylic acids is 2. The van der Waals surface area contributed by atoms with Crippen LogP contribution in [-0.2, 0) is 32.1 Å². The van der Waals surface area contributed by atoms with Gasteiger partial charge in [0.2, 0.25) is 0 Å². The minimum absolute atomic E-state index is 0.0281. The molecular weight excluding hydrogens is 486 g/mol. The Labute approximate surface area is 215 Å². The summed E-state index contributed by atoms with van der Waals surface area (Å²) in [6.07, 6.45) is 4.06. The number of fused-ring (bicyclic) bond motifs is 1. The van der Waals surface area contributed by atoms with Crippen LogP contribution in [0.4, 0.5) is 8.78 Å². The summed E-state index contributed by atoms with van der Waals surface area (Å²) in [5.41, 5.74) is -1.33. The summed E-state index contributed by atoms with van der Waals surface area (Å²) in [6, 6.07) is 2.93. The number of hydrogen-bond donors (Lipinski definition) is 2. The molecule has 2 N–H and O–H groups in total. The molecule has 0 saturated carbocycles. The number of aliphatic hydroxyl groups is 1. The average molecular weight is 523 g/mol. The second-order valence-corrected chi connectivity index (χ2v) is 10.4. The first-order chi connectivity index (χ1) is 17.5. The maximum atomic E-state index is 15.1. The van der Waals surface area contributed by atoms with Crippen LogP contribution in [0.2, 0.25) is 0 Å². The number of aryl methyl sites for hydroxylation is 1. The zero-order chi connectivity index (χ0) is 27.3. The van der Waals surface area contributed by atoms with E-state index in [9.17, 15) is 23.9 Å². The van der Waals surface area contributed by atoms with Gasteiger partial charge in [-0.1, -0.05) is 38.8 Å². The Morgan fingerprint density at radius 2 is 1.76 bits per heavy atom. The fourth-order valence-electron chi connectivity index (χ4n) is 4.89. The number of carbonyl (C=O) groups is 3. The minimum atomic E-state index is -1.06. The lowest BCUT2D eigenvalue weighted by molar-refractivity contribution is -0.164. The summed E-state index contributed by atoms with van der Waals surface area (Å²) in [6.45, 7) is 5.57. The van der Waals surface area contributed by atoms with Gasteiger partial charge in [0.25, 0.3) is 5.91 Å². The van der Waals surface area contributed by atoms with Crippen molar-refractivity contribution in [3.8, 4) is 0 Å². The highest BCUT2D eigenvalue weighted by molar-refractivity contribution is 6.17. The van der Waals surface area contributed by atoms with Crippen molar-refractivity contribution >= 4 is 17.8 Å². The fraction of sp³-hybridized carbons (Fsp3) is 0.593. The summed E-state index contributed by atoms with van der Waals surface area (Å²) < 4.78 is 35.2. The standard InChI is InChI=1S/C27H36F2N2O6/c1-17(2)16-37-26(36)21-24(34)27(3)13-8-14-31(27)30(25(21)35)15-19-12-11-18(22(28)23(19)29)9-6-4-5-7-10-20(32)33/h11-12,17,34H,4-10,13-16H2,1-3H3,(H,32,33)/t27-/m1/s1. The van der Waals surface area contributed by atoms with Crippen molar-refractivity contribution in [3.05, 3.63) is 46.2 Å². The number of amides is 1. The van der Waals surface area contributed by atoms with Gasteiger partial charge in [-0.05, 0) is 50.5 Å². The van der Waals surface area contributed by atoms with Crippen molar-refractivity contribution in [2.45, 2.75) is 84.2 Å². The van der Waals surface area contributed by atoms with E-state index >= 15 is 4.39 Å². The third-order valence-corrected chi connectivity index (χ3v) is 6.99.